The highest BCUT2D eigenvalue weighted by molar-refractivity contribution is 5.87. The molecule has 0 radical (unpaired) electrons. The molecule has 2 amide bonds. The first-order valence-electron chi connectivity index (χ1n) is 7.01. The van der Waals surface area contributed by atoms with E-state index in [-0.39, 0.29) is 6.54 Å². The summed E-state index contributed by atoms with van der Waals surface area (Å²) in [5, 5.41) is 1.61. The minimum Gasteiger partial charge on any atom is -0.339 e. The van der Waals surface area contributed by atoms with Gasteiger partial charge in [-0.3, -0.25) is 9.59 Å². The summed E-state index contributed by atoms with van der Waals surface area (Å²) in [6.45, 7) is 0.502. The van der Waals surface area contributed by atoms with Crippen molar-refractivity contribution < 1.29 is 22.8 Å². The minimum absolute atomic E-state index is 0.273. The molecule has 0 aliphatic rings. The molecule has 8 heteroatoms. The molecule has 0 bridgehead atoms. The van der Waals surface area contributed by atoms with Crippen molar-refractivity contribution in [3.05, 3.63) is 35.9 Å². The van der Waals surface area contributed by atoms with Crippen molar-refractivity contribution in [2.45, 2.75) is 12.7 Å². The second kappa shape index (κ2) is 8.52. The number of carbonyl (C=O) groups is 2. The quantitative estimate of drug-likeness (QED) is 0.818. The Morgan fingerprint density at radius 3 is 2.22 bits per heavy atom. The predicted molar refractivity (Wildman–Crippen MR) is 79.5 cm³/mol. The van der Waals surface area contributed by atoms with Gasteiger partial charge in [0.15, 0.2) is 0 Å². The Balaban J connectivity index is 2.66. The molecule has 0 aliphatic heterocycles. The van der Waals surface area contributed by atoms with Gasteiger partial charge >= 0.3 is 12.1 Å². The third-order valence-electron chi connectivity index (χ3n) is 3.04. The van der Waals surface area contributed by atoms with Crippen LogP contribution in [0, 0.1) is 0 Å². The van der Waals surface area contributed by atoms with Gasteiger partial charge in [-0.25, -0.2) is 0 Å². The molecule has 1 aromatic carbocycles. The Morgan fingerprint density at radius 2 is 1.70 bits per heavy atom. The average molecular weight is 331 g/mol. The Labute approximate surface area is 133 Å². The predicted octanol–water partition coefficient (Wildman–Crippen LogP) is 1.26. The number of hydrogen-bond donors (Lipinski definition) is 1. The number of amides is 2. The molecule has 0 saturated carbocycles. The number of rotatable bonds is 7. The van der Waals surface area contributed by atoms with Gasteiger partial charge in [0.1, 0.15) is 0 Å². The van der Waals surface area contributed by atoms with Crippen molar-refractivity contribution >= 4 is 11.8 Å². The second-order valence-corrected chi connectivity index (χ2v) is 5.28. The highest BCUT2D eigenvalue weighted by atomic mass is 19.4. The van der Waals surface area contributed by atoms with Gasteiger partial charge in [0.05, 0.1) is 6.54 Å². The highest BCUT2D eigenvalue weighted by Crippen LogP contribution is 2.14. The maximum atomic E-state index is 12.2. The summed E-state index contributed by atoms with van der Waals surface area (Å²) in [6, 6.07) is 9.11. The Bertz CT molecular complexity index is 518. The van der Waals surface area contributed by atoms with Crippen LogP contribution in [0.15, 0.2) is 30.3 Å². The van der Waals surface area contributed by atoms with Crippen LogP contribution in [0.2, 0.25) is 0 Å². The van der Waals surface area contributed by atoms with Crippen LogP contribution in [0.1, 0.15) is 5.56 Å². The van der Waals surface area contributed by atoms with Crippen LogP contribution in [0.4, 0.5) is 13.2 Å². The smallest absolute Gasteiger partial charge is 0.339 e. The normalized spacial score (nSPS) is 11.4. The van der Waals surface area contributed by atoms with E-state index in [4.69, 9.17) is 0 Å². The van der Waals surface area contributed by atoms with Crippen molar-refractivity contribution in [3.63, 3.8) is 0 Å². The van der Waals surface area contributed by atoms with E-state index in [9.17, 15) is 22.8 Å². The summed E-state index contributed by atoms with van der Waals surface area (Å²) in [4.78, 5) is 26.2. The molecular formula is C15H20F3N3O2. The molecule has 5 nitrogen and oxygen atoms in total. The van der Waals surface area contributed by atoms with Gasteiger partial charge in [-0.15, -0.1) is 0 Å². The lowest BCUT2D eigenvalue weighted by Gasteiger charge is -2.25. The standard InChI is InChI=1S/C15H20F3N3O2/c1-20(2)8-9-21(11-12-6-4-3-5-7-12)13(22)10-19-14(23)15(16,17)18/h3-7H,8-11H2,1-2H3,(H,19,23). The number of hydrogen-bond acceptors (Lipinski definition) is 3. The minimum atomic E-state index is -4.99. The fourth-order valence-corrected chi connectivity index (χ4v) is 1.78. The SMILES string of the molecule is CN(C)CCN(Cc1ccccc1)C(=O)CNC(=O)C(F)(F)F. The fraction of sp³-hybridized carbons (Fsp3) is 0.467. The third-order valence-corrected chi connectivity index (χ3v) is 3.04. The van der Waals surface area contributed by atoms with Crippen molar-refractivity contribution in [2.75, 3.05) is 33.7 Å². The number of halogens is 3. The van der Waals surface area contributed by atoms with Crippen LogP contribution in [0.3, 0.4) is 0 Å². The zero-order valence-electron chi connectivity index (χ0n) is 13.1. The Morgan fingerprint density at radius 1 is 1.09 bits per heavy atom. The Hall–Kier alpha value is -2.09. The molecular weight excluding hydrogens is 311 g/mol. The molecule has 0 spiro atoms. The maximum Gasteiger partial charge on any atom is 0.471 e. The number of carbonyl (C=O) groups excluding carboxylic acids is 2. The molecule has 23 heavy (non-hydrogen) atoms. The van der Waals surface area contributed by atoms with Crippen molar-refractivity contribution in [2.24, 2.45) is 0 Å². The van der Waals surface area contributed by atoms with Gasteiger partial charge in [0, 0.05) is 19.6 Å². The second-order valence-electron chi connectivity index (χ2n) is 5.28. The number of likely N-dealkylation sites (N-methyl/N-ethyl adjacent to an activating group) is 1. The molecule has 0 saturated heterocycles. The number of nitrogens with one attached hydrogen (secondary N) is 1. The molecule has 0 heterocycles. The van der Waals surface area contributed by atoms with Crippen LogP contribution in [-0.2, 0) is 16.1 Å². The topological polar surface area (TPSA) is 52.6 Å². The van der Waals surface area contributed by atoms with E-state index in [1.165, 1.54) is 4.90 Å². The zero-order valence-corrected chi connectivity index (χ0v) is 13.1. The molecule has 0 aromatic heterocycles. The van der Waals surface area contributed by atoms with E-state index in [1.807, 2.05) is 49.3 Å². The molecule has 0 aliphatic carbocycles. The van der Waals surface area contributed by atoms with E-state index in [2.05, 4.69) is 0 Å². The first-order chi connectivity index (χ1) is 10.7. The van der Waals surface area contributed by atoms with Gasteiger partial charge in [-0.1, -0.05) is 30.3 Å². The van der Waals surface area contributed by atoms with Crippen LogP contribution < -0.4 is 5.32 Å². The van der Waals surface area contributed by atoms with Crippen molar-refractivity contribution in [1.29, 1.82) is 0 Å². The number of benzene rings is 1. The monoisotopic (exact) mass is 331 g/mol. The average Bonchev–Trinajstić information content (AvgIpc) is 2.48. The summed E-state index contributed by atoms with van der Waals surface area (Å²) in [7, 11) is 3.66. The molecule has 1 rings (SSSR count). The summed E-state index contributed by atoms with van der Waals surface area (Å²) in [5.41, 5.74) is 0.863. The van der Waals surface area contributed by atoms with E-state index in [1.54, 1.807) is 5.32 Å². The van der Waals surface area contributed by atoms with Gasteiger partial charge in [-0.05, 0) is 19.7 Å². The lowest BCUT2D eigenvalue weighted by molar-refractivity contribution is -0.174. The molecule has 0 fully saturated rings. The summed E-state index contributed by atoms with van der Waals surface area (Å²) < 4.78 is 36.5. The molecule has 1 N–H and O–H groups in total. The van der Waals surface area contributed by atoms with Gasteiger partial charge in [0.2, 0.25) is 5.91 Å². The summed E-state index contributed by atoms with van der Waals surface area (Å²) in [5.74, 6) is -2.67. The molecule has 1 aromatic rings. The van der Waals surface area contributed by atoms with Gasteiger partial charge < -0.3 is 15.1 Å². The third kappa shape index (κ3) is 7.14. The first kappa shape index (κ1) is 19.0. The lowest BCUT2D eigenvalue weighted by Crippen LogP contribution is -2.45. The number of alkyl halides is 3. The Kier molecular flexibility index (Phi) is 7.02. The number of nitrogens with zero attached hydrogens (tertiary/aromatic N) is 2. The van der Waals surface area contributed by atoms with Crippen molar-refractivity contribution in [1.82, 2.24) is 15.1 Å². The van der Waals surface area contributed by atoms with E-state index in [0.717, 1.165) is 5.56 Å². The summed E-state index contributed by atoms with van der Waals surface area (Å²) >= 11 is 0. The zero-order chi connectivity index (χ0) is 17.5. The van der Waals surface area contributed by atoms with Crippen LogP contribution in [0.25, 0.3) is 0 Å². The lowest BCUT2D eigenvalue weighted by atomic mass is 10.2. The summed E-state index contributed by atoms with van der Waals surface area (Å²) in [6.07, 6.45) is -4.99. The maximum absolute atomic E-state index is 12.2. The fourth-order valence-electron chi connectivity index (χ4n) is 1.78. The van der Waals surface area contributed by atoms with Gasteiger partial charge in [-0.2, -0.15) is 13.2 Å². The molecule has 0 atom stereocenters. The largest absolute Gasteiger partial charge is 0.471 e. The highest BCUT2D eigenvalue weighted by Gasteiger charge is 2.38. The van der Waals surface area contributed by atoms with Crippen LogP contribution in [-0.4, -0.2) is 61.5 Å². The van der Waals surface area contributed by atoms with Gasteiger partial charge in [0.25, 0.3) is 0 Å². The molecule has 0 unspecified atom stereocenters. The molecule has 128 valence electrons. The van der Waals surface area contributed by atoms with Crippen molar-refractivity contribution in [3.8, 4) is 0 Å². The van der Waals surface area contributed by atoms with E-state index < -0.39 is 24.5 Å². The first-order valence-corrected chi connectivity index (χ1v) is 7.01. The van der Waals surface area contributed by atoms with Crippen LogP contribution >= 0.6 is 0 Å². The van der Waals surface area contributed by atoms with E-state index in [0.29, 0.717) is 13.1 Å². The van der Waals surface area contributed by atoms with E-state index >= 15 is 0 Å². The van der Waals surface area contributed by atoms with Crippen LogP contribution in [0.5, 0.6) is 0 Å².